The van der Waals surface area contributed by atoms with Gasteiger partial charge in [-0.1, -0.05) is 93.5 Å². The summed E-state index contributed by atoms with van der Waals surface area (Å²) >= 11 is 0. The third-order valence-corrected chi connectivity index (χ3v) is 6.36. The lowest BCUT2D eigenvalue weighted by atomic mass is 9.67. The molecule has 2 aromatic carbocycles. The summed E-state index contributed by atoms with van der Waals surface area (Å²) in [4.78, 5) is 0. The summed E-state index contributed by atoms with van der Waals surface area (Å²) in [5, 5.41) is 0. The van der Waals surface area contributed by atoms with E-state index in [0.29, 0.717) is 0 Å². The zero-order valence-electron chi connectivity index (χ0n) is 20.6. The van der Waals surface area contributed by atoms with E-state index >= 15 is 0 Å². The minimum Gasteiger partial charge on any atom is -0.207 e. The molecule has 0 aliphatic carbocycles. The van der Waals surface area contributed by atoms with Crippen LogP contribution in [0.4, 0.5) is 8.78 Å². The van der Waals surface area contributed by atoms with Crippen LogP contribution in [0.2, 0.25) is 0 Å². The van der Waals surface area contributed by atoms with Crippen LogP contribution in [0, 0.1) is 11.6 Å². The van der Waals surface area contributed by atoms with E-state index in [9.17, 15) is 8.78 Å². The van der Waals surface area contributed by atoms with Crippen LogP contribution in [0.15, 0.2) is 36.4 Å². The molecule has 0 atom stereocenters. The standard InChI is InChI=1S/C28H40F2/c1-25(2,3)23-19(13-11-15-21(23)29)27(7,8)17-18-28(9,10)20-14-12-16-22(30)24(20)26(4,5)6/h11-16H,17-18H2,1-10H3. The topological polar surface area (TPSA) is 0 Å². The van der Waals surface area contributed by atoms with Gasteiger partial charge in [0, 0.05) is 0 Å². The second-order valence-electron chi connectivity index (χ2n) is 12.1. The lowest BCUT2D eigenvalue weighted by Gasteiger charge is -2.37. The van der Waals surface area contributed by atoms with Crippen LogP contribution in [-0.2, 0) is 21.7 Å². The summed E-state index contributed by atoms with van der Waals surface area (Å²) in [6.45, 7) is 21.2. The minimum atomic E-state index is -0.268. The van der Waals surface area contributed by atoms with E-state index in [1.165, 1.54) is 0 Å². The fraction of sp³-hybridized carbons (Fsp3) is 0.571. The third-order valence-electron chi connectivity index (χ3n) is 6.36. The molecule has 0 unspecified atom stereocenters. The predicted molar refractivity (Wildman–Crippen MR) is 125 cm³/mol. The first-order chi connectivity index (χ1) is 13.5. The molecule has 0 fully saturated rings. The van der Waals surface area contributed by atoms with Gasteiger partial charge in [-0.05, 0) is 68.9 Å². The molecule has 0 saturated heterocycles. The maximum absolute atomic E-state index is 14.8. The monoisotopic (exact) mass is 414 g/mol. The molecule has 0 bridgehead atoms. The minimum absolute atomic E-state index is 0.132. The van der Waals surface area contributed by atoms with Crippen molar-refractivity contribution in [1.82, 2.24) is 0 Å². The first-order valence-electron chi connectivity index (χ1n) is 11.1. The van der Waals surface area contributed by atoms with Gasteiger partial charge in [-0.2, -0.15) is 0 Å². The zero-order chi connectivity index (χ0) is 23.1. The maximum atomic E-state index is 14.8. The SMILES string of the molecule is CC(C)(C)c1c(F)cccc1C(C)(C)CCC(C)(C)c1cccc(F)c1C(C)(C)C. The summed E-state index contributed by atoms with van der Waals surface area (Å²) in [6, 6.07) is 10.9. The van der Waals surface area contributed by atoms with E-state index < -0.39 is 0 Å². The van der Waals surface area contributed by atoms with Crippen molar-refractivity contribution in [2.24, 2.45) is 0 Å². The highest BCUT2D eigenvalue weighted by molar-refractivity contribution is 5.41. The van der Waals surface area contributed by atoms with Gasteiger partial charge in [0.05, 0.1) is 0 Å². The smallest absolute Gasteiger partial charge is 0.127 e. The molecule has 30 heavy (non-hydrogen) atoms. The Labute approximate surface area is 183 Å². The van der Waals surface area contributed by atoms with Crippen molar-refractivity contribution in [2.45, 2.75) is 104 Å². The van der Waals surface area contributed by atoms with Crippen molar-refractivity contribution in [3.63, 3.8) is 0 Å². The second-order valence-corrected chi connectivity index (χ2v) is 12.1. The zero-order valence-corrected chi connectivity index (χ0v) is 20.6. The average Bonchev–Trinajstić information content (AvgIpc) is 2.57. The highest BCUT2D eigenvalue weighted by Gasteiger charge is 2.35. The van der Waals surface area contributed by atoms with Crippen LogP contribution < -0.4 is 0 Å². The lowest BCUT2D eigenvalue weighted by molar-refractivity contribution is 0.359. The molecule has 0 nitrogen and oxygen atoms in total. The Kier molecular flexibility index (Phi) is 6.63. The Bertz CT molecular complexity index is 814. The van der Waals surface area contributed by atoms with Crippen LogP contribution in [0.3, 0.4) is 0 Å². The quantitative estimate of drug-likeness (QED) is 0.459. The van der Waals surface area contributed by atoms with Gasteiger partial charge >= 0.3 is 0 Å². The molecular formula is C28H40F2. The van der Waals surface area contributed by atoms with Gasteiger partial charge in [0.25, 0.3) is 0 Å². The predicted octanol–water partition coefficient (Wildman–Crippen LogP) is 8.60. The Balaban J connectivity index is 2.43. The lowest BCUT2D eigenvalue weighted by Crippen LogP contribution is -2.30. The van der Waals surface area contributed by atoms with Crippen molar-refractivity contribution >= 4 is 0 Å². The van der Waals surface area contributed by atoms with Gasteiger partial charge < -0.3 is 0 Å². The largest absolute Gasteiger partial charge is 0.207 e. The number of rotatable bonds is 5. The van der Waals surface area contributed by atoms with E-state index in [2.05, 4.69) is 81.4 Å². The van der Waals surface area contributed by atoms with Crippen molar-refractivity contribution in [3.8, 4) is 0 Å². The number of halogens is 2. The molecule has 2 heteroatoms. The molecule has 2 aromatic rings. The molecule has 0 heterocycles. The fourth-order valence-electron chi connectivity index (χ4n) is 4.60. The summed E-state index contributed by atoms with van der Waals surface area (Å²) in [6.07, 6.45) is 1.76. The summed E-state index contributed by atoms with van der Waals surface area (Å²) in [7, 11) is 0. The first-order valence-corrected chi connectivity index (χ1v) is 11.1. The highest BCUT2D eigenvalue weighted by atomic mass is 19.1. The number of hydrogen-bond acceptors (Lipinski definition) is 0. The van der Waals surface area contributed by atoms with Gasteiger partial charge in [-0.3, -0.25) is 0 Å². The van der Waals surface area contributed by atoms with Crippen molar-refractivity contribution in [3.05, 3.63) is 70.3 Å². The second kappa shape index (κ2) is 8.09. The van der Waals surface area contributed by atoms with Crippen LogP contribution in [0.5, 0.6) is 0 Å². The van der Waals surface area contributed by atoms with Crippen molar-refractivity contribution in [1.29, 1.82) is 0 Å². The van der Waals surface area contributed by atoms with Crippen LogP contribution in [0.25, 0.3) is 0 Å². The summed E-state index contributed by atoms with van der Waals surface area (Å²) < 4.78 is 29.6. The van der Waals surface area contributed by atoms with Crippen LogP contribution in [-0.4, -0.2) is 0 Å². The van der Waals surface area contributed by atoms with Crippen LogP contribution >= 0.6 is 0 Å². The highest BCUT2D eigenvalue weighted by Crippen LogP contribution is 2.43. The van der Waals surface area contributed by atoms with Crippen molar-refractivity contribution in [2.75, 3.05) is 0 Å². The van der Waals surface area contributed by atoms with Gasteiger partial charge in [-0.15, -0.1) is 0 Å². The number of hydrogen-bond donors (Lipinski definition) is 0. The van der Waals surface area contributed by atoms with E-state index in [0.717, 1.165) is 35.1 Å². The molecular weight excluding hydrogens is 374 g/mol. The Hall–Kier alpha value is -1.70. The molecule has 0 spiro atoms. The van der Waals surface area contributed by atoms with Gasteiger partial charge in [0.2, 0.25) is 0 Å². The molecule has 0 aliphatic rings. The molecule has 0 aromatic heterocycles. The van der Waals surface area contributed by atoms with Gasteiger partial charge in [0.1, 0.15) is 11.6 Å². The molecule has 0 saturated carbocycles. The Morgan fingerprint density at radius 3 is 1.10 bits per heavy atom. The first kappa shape index (κ1) is 24.6. The maximum Gasteiger partial charge on any atom is 0.127 e. The van der Waals surface area contributed by atoms with E-state index in [-0.39, 0.29) is 33.3 Å². The van der Waals surface area contributed by atoms with Crippen LogP contribution in [0.1, 0.15) is 104 Å². The molecule has 0 N–H and O–H groups in total. The van der Waals surface area contributed by atoms with E-state index in [1.807, 2.05) is 12.1 Å². The molecule has 0 aliphatic heterocycles. The summed E-state index contributed by atoms with van der Waals surface area (Å²) in [5.41, 5.74) is 2.81. The normalized spacial score (nSPS) is 13.6. The Morgan fingerprint density at radius 2 is 0.833 bits per heavy atom. The third kappa shape index (κ3) is 5.13. The summed E-state index contributed by atoms with van der Waals surface area (Å²) in [5.74, 6) is -0.264. The molecule has 166 valence electrons. The Morgan fingerprint density at radius 1 is 0.533 bits per heavy atom. The van der Waals surface area contributed by atoms with E-state index in [4.69, 9.17) is 0 Å². The van der Waals surface area contributed by atoms with Gasteiger partial charge in [-0.25, -0.2) is 8.78 Å². The molecule has 2 rings (SSSR count). The van der Waals surface area contributed by atoms with Crippen molar-refractivity contribution < 1.29 is 8.78 Å². The van der Waals surface area contributed by atoms with E-state index in [1.54, 1.807) is 12.1 Å². The molecule has 0 radical (unpaired) electrons. The van der Waals surface area contributed by atoms with Gasteiger partial charge in [0.15, 0.2) is 0 Å². The molecule has 0 amide bonds. The average molecular weight is 415 g/mol. The fourth-order valence-corrected chi connectivity index (χ4v) is 4.60. The number of benzene rings is 2.